The van der Waals surface area contributed by atoms with Crippen molar-refractivity contribution in [3.05, 3.63) is 87.8 Å². The van der Waals surface area contributed by atoms with E-state index in [0.29, 0.717) is 0 Å². The molecule has 3 aromatic rings. The fourth-order valence-electron chi connectivity index (χ4n) is 4.57. The average molecular weight is 601 g/mol. The van der Waals surface area contributed by atoms with Crippen molar-refractivity contribution in [2.45, 2.75) is 37.7 Å². The minimum absolute atomic E-state index is 0.119. The van der Waals surface area contributed by atoms with E-state index in [1.54, 1.807) is 0 Å². The fraction of sp³-hybridized carbons (Fsp3) is 0.296. The van der Waals surface area contributed by atoms with E-state index in [1.807, 2.05) is 0 Å². The van der Waals surface area contributed by atoms with Gasteiger partial charge < -0.3 is 24.3 Å². The monoisotopic (exact) mass is 601 g/mol. The second-order valence-corrected chi connectivity index (χ2v) is 9.17. The quantitative estimate of drug-likeness (QED) is 0.362. The zero-order valence-electron chi connectivity index (χ0n) is 21.6. The van der Waals surface area contributed by atoms with Gasteiger partial charge in [0.2, 0.25) is 5.91 Å². The first-order chi connectivity index (χ1) is 19.8. The van der Waals surface area contributed by atoms with Gasteiger partial charge in [-0.2, -0.15) is 22.0 Å². The van der Waals surface area contributed by atoms with E-state index in [4.69, 9.17) is 4.74 Å². The van der Waals surface area contributed by atoms with Gasteiger partial charge in [-0.15, -0.1) is 0 Å². The number of hydrogen-bond donors (Lipinski definition) is 1. The summed E-state index contributed by atoms with van der Waals surface area (Å²) >= 11 is 0. The first-order valence-electron chi connectivity index (χ1n) is 12.2. The molecule has 0 saturated carbocycles. The van der Waals surface area contributed by atoms with Crippen LogP contribution in [0.1, 0.15) is 28.3 Å². The van der Waals surface area contributed by atoms with Crippen LogP contribution >= 0.6 is 0 Å². The first-order valence-corrected chi connectivity index (χ1v) is 12.2. The van der Waals surface area contributed by atoms with Crippen LogP contribution in [0.2, 0.25) is 0 Å². The predicted molar refractivity (Wildman–Crippen MR) is 134 cm³/mol. The number of ether oxygens (including phenoxy) is 2. The third kappa shape index (κ3) is 6.66. The number of pyridine rings is 1. The number of halogens is 7. The number of anilines is 1. The summed E-state index contributed by atoms with van der Waals surface area (Å²) in [5, 5.41) is 2.37. The summed E-state index contributed by atoms with van der Waals surface area (Å²) < 4.78 is 103. The van der Waals surface area contributed by atoms with Crippen LogP contribution in [-0.4, -0.2) is 48.9 Å². The number of hydrogen-bond acceptors (Lipinski definition) is 5. The van der Waals surface area contributed by atoms with Gasteiger partial charge in [-0.3, -0.25) is 14.4 Å². The molecule has 1 aromatic heterocycles. The highest BCUT2D eigenvalue weighted by molar-refractivity contribution is 6.05. The van der Waals surface area contributed by atoms with Gasteiger partial charge in [-0.05, 0) is 36.4 Å². The standard InChI is InChI=1S/C27H22F7N3O5/c1-41-16-11-18(28)21(19(29)12-16)17-13-37(20-3-2-9-36(24(20)39)10-8-27(32,33)34)25(40)22(17)35-23(38)14-4-6-15(7-5-14)42-26(30)31/h2-7,9,11-12,17,22,26H,8,10,13H2,1H3,(H,35,38)/t17-,22-/m0/s1. The maximum absolute atomic E-state index is 15.1. The highest BCUT2D eigenvalue weighted by Gasteiger charge is 2.46. The minimum Gasteiger partial charge on any atom is -0.497 e. The van der Waals surface area contributed by atoms with Crippen LogP contribution < -0.4 is 25.2 Å². The average Bonchev–Trinajstić information content (AvgIpc) is 3.22. The number of amides is 2. The van der Waals surface area contributed by atoms with Crippen LogP contribution in [0, 0.1) is 11.6 Å². The Balaban J connectivity index is 1.70. The van der Waals surface area contributed by atoms with Crippen molar-refractivity contribution in [3.63, 3.8) is 0 Å². The summed E-state index contributed by atoms with van der Waals surface area (Å²) in [7, 11) is 1.18. The fourth-order valence-corrected chi connectivity index (χ4v) is 4.57. The van der Waals surface area contributed by atoms with E-state index in [2.05, 4.69) is 10.1 Å². The van der Waals surface area contributed by atoms with Gasteiger partial charge in [-0.25, -0.2) is 8.78 Å². The van der Waals surface area contributed by atoms with Crippen molar-refractivity contribution in [1.82, 2.24) is 9.88 Å². The summed E-state index contributed by atoms with van der Waals surface area (Å²) in [5.74, 6) is -5.95. The molecule has 4 rings (SSSR count). The molecule has 42 heavy (non-hydrogen) atoms. The molecule has 1 fully saturated rings. The van der Waals surface area contributed by atoms with Gasteiger partial charge in [0, 0.05) is 48.5 Å². The van der Waals surface area contributed by atoms with Gasteiger partial charge in [0.05, 0.1) is 13.5 Å². The van der Waals surface area contributed by atoms with Gasteiger partial charge >= 0.3 is 12.8 Å². The molecule has 2 heterocycles. The second kappa shape index (κ2) is 12.1. The number of aromatic nitrogens is 1. The number of carbonyl (C=O) groups is 2. The van der Waals surface area contributed by atoms with Crippen LogP contribution in [-0.2, 0) is 11.3 Å². The first kappa shape index (κ1) is 30.4. The lowest BCUT2D eigenvalue weighted by atomic mass is 9.92. The maximum atomic E-state index is 15.1. The maximum Gasteiger partial charge on any atom is 0.390 e. The van der Waals surface area contributed by atoms with Crippen LogP contribution in [0.15, 0.2) is 59.5 Å². The summed E-state index contributed by atoms with van der Waals surface area (Å²) in [5.41, 5.74) is -2.06. The van der Waals surface area contributed by atoms with Gasteiger partial charge in [0.25, 0.3) is 11.5 Å². The van der Waals surface area contributed by atoms with E-state index in [9.17, 15) is 36.3 Å². The Hall–Kier alpha value is -4.56. The molecular weight excluding hydrogens is 579 g/mol. The van der Waals surface area contributed by atoms with Crippen molar-refractivity contribution in [2.24, 2.45) is 0 Å². The molecule has 1 aliphatic heterocycles. The van der Waals surface area contributed by atoms with Crippen LogP contribution in [0.4, 0.5) is 36.4 Å². The van der Waals surface area contributed by atoms with Crippen molar-refractivity contribution < 1.29 is 49.8 Å². The van der Waals surface area contributed by atoms with Crippen LogP contribution in [0.3, 0.4) is 0 Å². The summed E-state index contributed by atoms with van der Waals surface area (Å²) in [4.78, 5) is 40.4. The van der Waals surface area contributed by atoms with Crippen molar-refractivity contribution >= 4 is 17.5 Å². The number of carbonyl (C=O) groups excluding carboxylic acids is 2. The second-order valence-electron chi connectivity index (χ2n) is 9.17. The summed E-state index contributed by atoms with van der Waals surface area (Å²) in [6.07, 6.45) is -4.79. The molecule has 2 aromatic carbocycles. The van der Waals surface area contributed by atoms with E-state index < -0.39 is 78.8 Å². The lowest BCUT2D eigenvalue weighted by molar-refractivity contribution is -0.136. The molecule has 2 atom stereocenters. The molecule has 0 unspecified atom stereocenters. The summed E-state index contributed by atoms with van der Waals surface area (Å²) in [6.45, 7) is -4.38. The Morgan fingerprint density at radius 1 is 1.05 bits per heavy atom. The SMILES string of the molecule is COc1cc(F)c([C@@H]2CN(c3cccn(CCC(F)(F)F)c3=O)C(=O)[C@H]2NC(=O)c2ccc(OC(F)F)cc2)c(F)c1. The molecule has 0 spiro atoms. The molecule has 0 bridgehead atoms. The molecule has 224 valence electrons. The minimum atomic E-state index is -4.56. The number of nitrogens with one attached hydrogen (secondary N) is 1. The molecule has 0 radical (unpaired) electrons. The van der Waals surface area contributed by atoms with Crippen LogP contribution in [0.25, 0.3) is 0 Å². The third-order valence-corrected chi connectivity index (χ3v) is 6.53. The lowest BCUT2D eigenvalue weighted by Crippen LogP contribution is -2.44. The topological polar surface area (TPSA) is 89.9 Å². The molecule has 8 nitrogen and oxygen atoms in total. The summed E-state index contributed by atoms with van der Waals surface area (Å²) in [6, 6.07) is 6.84. The molecule has 1 aliphatic rings. The number of methoxy groups -OCH3 is 1. The number of benzene rings is 2. The van der Waals surface area contributed by atoms with E-state index in [-0.39, 0.29) is 22.7 Å². The molecule has 1 saturated heterocycles. The Kier molecular flexibility index (Phi) is 8.78. The van der Waals surface area contributed by atoms with Crippen molar-refractivity contribution in [1.29, 1.82) is 0 Å². The number of nitrogens with zero attached hydrogens (tertiary/aromatic N) is 2. The largest absolute Gasteiger partial charge is 0.497 e. The predicted octanol–water partition coefficient (Wildman–Crippen LogP) is 4.62. The van der Waals surface area contributed by atoms with Gasteiger partial charge in [0.15, 0.2) is 0 Å². The molecular formula is C27H22F7N3O5. The highest BCUT2D eigenvalue weighted by atomic mass is 19.4. The number of rotatable bonds is 9. The molecule has 2 amide bonds. The number of alkyl halides is 5. The Morgan fingerprint density at radius 2 is 1.69 bits per heavy atom. The Labute approximate surface area is 233 Å². The molecule has 0 aliphatic carbocycles. The Morgan fingerprint density at radius 3 is 2.26 bits per heavy atom. The van der Waals surface area contributed by atoms with E-state index in [0.717, 1.165) is 58.1 Å². The molecule has 15 heteroatoms. The van der Waals surface area contributed by atoms with E-state index >= 15 is 8.78 Å². The van der Waals surface area contributed by atoms with E-state index in [1.165, 1.54) is 13.2 Å². The smallest absolute Gasteiger partial charge is 0.390 e. The van der Waals surface area contributed by atoms with Crippen molar-refractivity contribution in [2.75, 3.05) is 18.6 Å². The Bertz CT molecular complexity index is 1500. The van der Waals surface area contributed by atoms with Crippen LogP contribution in [0.5, 0.6) is 11.5 Å². The zero-order valence-corrected chi connectivity index (χ0v) is 21.6. The van der Waals surface area contributed by atoms with Crippen molar-refractivity contribution in [3.8, 4) is 11.5 Å². The van der Waals surface area contributed by atoms with Gasteiger partial charge in [-0.1, -0.05) is 0 Å². The lowest BCUT2D eigenvalue weighted by Gasteiger charge is -2.20. The third-order valence-electron chi connectivity index (χ3n) is 6.53. The highest BCUT2D eigenvalue weighted by Crippen LogP contribution is 2.36. The number of aryl methyl sites for hydroxylation is 1. The molecule has 1 N–H and O–H groups in total. The normalized spacial score (nSPS) is 17.1. The van der Waals surface area contributed by atoms with Gasteiger partial charge in [0.1, 0.15) is 34.9 Å². The zero-order chi connectivity index (χ0) is 30.8.